The molecule has 0 spiro atoms. The van der Waals surface area contributed by atoms with Gasteiger partial charge in [0, 0.05) is 24.8 Å². The molecule has 0 saturated carbocycles. The van der Waals surface area contributed by atoms with E-state index in [0.717, 1.165) is 38.0 Å². The Morgan fingerprint density at radius 1 is 1.47 bits per heavy atom. The lowest BCUT2D eigenvalue weighted by molar-refractivity contribution is 0.0621. The number of nitrogens with two attached hydrogens (primary N) is 1. The Hall–Kier alpha value is -1.06. The highest BCUT2D eigenvalue weighted by atomic mass is 16.3. The second-order valence-corrected chi connectivity index (χ2v) is 5.73. The Kier molecular flexibility index (Phi) is 2.42. The van der Waals surface area contributed by atoms with Crippen LogP contribution in [0, 0.1) is 0 Å². The molecule has 3 nitrogen and oxygen atoms in total. The third-order valence-corrected chi connectivity index (χ3v) is 4.14. The number of hydrogen-bond acceptors (Lipinski definition) is 3. The zero-order valence-corrected chi connectivity index (χ0v) is 10.3. The predicted molar refractivity (Wildman–Crippen MR) is 68.7 cm³/mol. The minimum absolute atomic E-state index is 0.486. The molecule has 1 fully saturated rings. The minimum Gasteiger partial charge on any atom is -0.399 e. The lowest BCUT2D eigenvalue weighted by atomic mass is 10.1. The molecule has 92 valence electrons. The van der Waals surface area contributed by atoms with Crippen molar-refractivity contribution >= 4 is 5.69 Å². The van der Waals surface area contributed by atoms with Crippen molar-refractivity contribution in [2.75, 3.05) is 18.8 Å². The van der Waals surface area contributed by atoms with Crippen LogP contribution in [0.3, 0.4) is 0 Å². The number of fused-ring (bicyclic) bond motifs is 1. The number of likely N-dealkylation sites (tertiary alicyclic amines) is 1. The van der Waals surface area contributed by atoms with Gasteiger partial charge in [0.2, 0.25) is 0 Å². The van der Waals surface area contributed by atoms with E-state index in [-0.39, 0.29) is 0 Å². The largest absolute Gasteiger partial charge is 0.399 e. The van der Waals surface area contributed by atoms with Crippen molar-refractivity contribution in [2.45, 2.75) is 37.8 Å². The average Bonchev–Trinajstić information content (AvgIpc) is 2.80. The lowest BCUT2D eigenvalue weighted by Crippen LogP contribution is -2.31. The number of benzene rings is 1. The van der Waals surface area contributed by atoms with Crippen LogP contribution < -0.4 is 5.73 Å². The van der Waals surface area contributed by atoms with Crippen LogP contribution in [0.4, 0.5) is 5.69 Å². The summed E-state index contributed by atoms with van der Waals surface area (Å²) in [4.78, 5) is 2.42. The fourth-order valence-corrected chi connectivity index (χ4v) is 3.24. The molecule has 1 aliphatic carbocycles. The smallest absolute Gasteiger partial charge is 0.0758 e. The lowest BCUT2D eigenvalue weighted by Gasteiger charge is -2.26. The molecular weight excluding hydrogens is 212 g/mol. The molecule has 0 radical (unpaired) electrons. The van der Waals surface area contributed by atoms with Gasteiger partial charge >= 0.3 is 0 Å². The Morgan fingerprint density at radius 2 is 2.29 bits per heavy atom. The van der Waals surface area contributed by atoms with Crippen molar-refractivity contribution in [3.63, 3.8) is 0 Å². The first-order valence-corrected chi connectivity index (χ1v) is 6.40. The van der Waals surface area contributed by atoms with Gasteiger partial charge in [0.1, 0.15) is 0 Å². The molecule has 0 amide bonds. The van der Waals surface area contributed by atoms with E-state index in [0.29, 0.717) is 6.04 Å². The van der Waals surface area contributed by atoms with Gasteiger partial charge in [-0.15, -0.1) is 0 Å². The van der Waals surface area contributed by atoms with E-state index in [9.17, 15) is 5.11 Å². The fraction of sp³-hybridized carbons (Fsp3) is 0.571. The number of nitrogen functional groups attached to an aromatic ring is 1. The van der Waals surface area contributed by atoms with Crippen LogP contribution in [0.2, 0.25) is 0 Å². The maximum Gasteiger partial charge on any atom is 0.0758 e. The highest BCUT2D eigenvalue weighted by Crippen LogP contribution is 2.39. The fourth-order valence-electron chi connectivity index (χ4n) is 3.24. The highest BCUT2D eigenvalue weighted by molar-refractivity contribution is 5.47. The van der Waals surface area contributed by atoms with Crippen LogP contribution in [-0.4, -0.2) is 28.7 Å². The summed E-state index contributed by atoms with van der Waals surface area (Å²) in [6.07, 6.45) is 3.16. The molecule has 2 unspecified atom stereocenters. The Bertz CT molecular complexity index is 442. The standard InChI is InChI=1S/C14H20N2O/c1-14(17)6-7-16(9-14)13-5-2-10-8-11(15)3-4-12(10)13/h3-4,8,13,17H,2,5-7,9,15H2,1H3. The van der Waals surface area contributed by atoms with Crippen LogP contribution >= 0.6 is 0 Å². The number of hydrogen-bond donors (Lipinski definition) is 2. The van der Waals surface area contributed by atoms with E-state index in [1.807, 2.05) is 13.0 Å². The van der Waals surface area contributed by atoms with Gasteiger partial charge in [-0.1, -0.05) is 6.07 Å². The van der Waals surface area contributed by atoms with E-state index < -0.39 is 5.60 Å². The molecule has 3 rings (SSSR count). The molecule has 17 heavy (non-hydrogen) atoms. The molecule has 1 saturated heterocycles. The SMILES string of the molecule is CC1(O)CCN(C2CCc3cc(N)ccc32)C1. The van der Waals surface area contributed by atoms with Crippen molar-refractivity contribution in [1.82, 2.24) is 4.90 Å². The van der Waals surface area contributed by atoms with Crippen molar-refractivity contribution in [3.8, 4) is 0 Å². The first-order chi connectivity index (χ1) is 8.05. The molecule has 3 N–H and O–H groups in total. The van der Waals surface area contributed by atoms with Crippen LogP contribution in [0.25, 0.3) is 0 Å². The van der Waals surface area contributed by atoms with Gasteiger partial charge in [0.25, 0.3) is 0 Å². The van der Waals surface area contributed by atoms with Gasteiger partial charge in [-0.2, -0.15) is 0 Å². The summed E-state index contributed by atoms with van der Waals surface area (Å²) in [5, 5.41) is 10.1. The maximum absolute atomic E-state index is 10.1. The second-order valence-electron chi connectivity index (χ2n) is 5.73. The number of anilines is 1. The van der Waals surface area contributed by atoms with E-state index in [1.165, 1.54) is 11.1 Å². The maximum atomic E-state index is 10.1. The first-order valence-electron chi connectivity index (χ1n) is 6.40. The van der Waals surface area contributed by atoms with Gasteiger partial charge in [-0.25, -0.2) is 0 Å². The van der Waals surface area contributed by atoms with Crippen molar-refractivity contribution in [2.24, 2.45) is 0 Å². The topological polar surface area (TPSA) is 49.5 Å². The Morgan fingerprint density at radius 3 is 3.00 bits per heavy atom. The molecule has 2 aliphatic rings. The molecule has 0 bridgehead atoms. The van der Waals surface area contributed by atoms with Gasteiger partial charge < -0.3 is 10.8 Å². The predicted octanol–water partition coefficient (Wildman–Crippen LogP) is 1.71. The Labute approximate surface area is 102 Å². The van der Waals surface area contributed by atoms with Gasteiger partial charge in [0.05, 0.1) is 5.60 Å². The number of rotatable bonds is 1. The molecular formula is C14H20N2O. The monoisotopic (exact) mass is 232 g/mol. The van der Waals surface area contributed by atoms with E-state index in [2.05, 4.69) is 17.0 Å². The van der Waals surface area contributed by atoms with Crippen LogP contribution in [-0.2, 0) is 6.42 Å². The first kappa shape index (κ1) is 11.1. The zero-order chi connectivity index (χ0) is 12.0. The van der Waals surface area contributed by atoms with E-state index >= 15 is 0 Å². The summed E-state index contributed by atoms with van der Waals surface area (Å²) in [5.74, 6) is 0. The summed E-state index contributed by atoms with van der Waals surface area (Å²) in [6, 6.07) is 6.74. The molecule has 1 heterocycles. The van der Waals surface area contributed by atoms with Crippen LogP contribution in [0.1, 0.15) is 36.9 Å². The minimum atomic E-state index is -0.503. The zero-order valence-electron chi connectivity index (χ0n) is 10.3. The number of aryl methyl sites for hydroxylation is 1. The Balaban J connectivity index is 1.85. The van der Waals surface area contributed by atoms with Gasteiger partial charge in [0.15, 0.2) is 0 Å². The number of nitrogens with zero attached hydrogens (tertiary/aromatic N) is 1. The van der Waals surface area contributed by atoms with E-state index in [4.69, 9.17) is 5.73 Å². The van der Waals surface area contributed by atoms with Gasteiger partial charge in [-0.3, -0.25) is 4.90 Å². The molecule has 0 aromatic heterocycles. The summed E-state index contributed by atoms with van der Waals surface area (Å²) in [7, 11) is 0. The van der Waals surface area contributed by atoms with Gasteiger partial charge in [-0.05, 0) is 49.4 Å². The third kappa shape index (κ3) is 1.94. The summed E-state index contributed by atoms with van der Waals surface area (Å²) in [5.41, 5.74) is 8.98. The molecule has 1 aliphatic heterocycles. The second kappa shape index (κ2) is 3.72. The molecule has 3 heteroatoms. The molecule has 2 atom stereocenters. The van der Waals surface area contributed by atoms with E-state index in [1.54, 1.807) is 0 Å². The summed E-state index contributed by atoms with van der Waals surface area (Å²) >= 11 is 0. The number of β-amino-alcohol motifs (C(OH)–C–C–N with tert-alkyl or cyclic N) is 1. The number of aliphatic hydroxyl groups is 1. The normalized spacial score (nSPS) is 32.9. The van der Waals surface area contributed by atoms with Crippen molar-refractivity contribution in [3.05, 3.63) is 29.3 Å². The molecule has 1 aromatic carbocycles. The average molecular weight is 232 g/mol. The summed E-state index contributed by atoms with van der Waals surface area (Å²) in [6.45, 7) is 3.73. The molecule has 1 aromatic rings. The highest BCUT2D eigenvalue weighted by Gasteiger charge is 2.37. The van der Waals surface area contributed by atoms with Crippen molar-refractivity contribution < 1.29 is 5.11 Å². The van der Waals surface area contributed by atoms with Crippen LogP contribution in [0.15, 0.2) is 18.2 Å². The quantitative estimate of drug-likeness (QED) is 0.725. The van der Waals surface area contributed by atoms with Crippen LogP contribution in [0.5, 0.6) is 0 Å². The summed E-state index contributed by atoms with van der Waals surface area (Å²) < 4.78 is 0. The third-order valence-electron chi connectivity index (χ3n) is 4.14. The van der Waals surface area contributed by atoms with Crippen molar-refractivity contribution in [1.29, 1.82) is 0 Å².